The van der Waals surface area contributed by atoms with Crippen molar-refractivity contribution in [2.24, 2.45) is 0 Å². The average molecular weight is 220 g/mol. The monoisotopic (exact) mass is 220 g/mol. The number of nitrogens with one attached hydrogen (secondary N) is 1. The van der Waals surface area contributed by atoms with Crippen LogP contribution in [-0.2, 0) is 19.5 Å². The number of aryl methyl sites for hydroxylation is 1. The number of hydrogen-bond acceptors (Lipinski definition) is 3. The molecule has 0 aromatic carbocycles. The topological polar surface area (TPSA) is 42.7 Å². The van der Waals surface area contributed by atoms with Gasteiger partial charge >= 0.3 is 0 Å². The van der Waals surface area contributed by atoms with Crippen LogP contribution >= 0.6 is 0 Å². The Bertz CT molecular complexity index is 356. The standard InChI is InChI=1S/C12H20N4/c1-3-6-10(2)13-9-12-15-14-11-7-4-5-8-16(11)12/h3,10,13H,1,4-9H2,2H3. The van der Waals surface area contributed by atoms with Gasteiger partial charge in [0.15, 0.2) is 0 Å². The zero-order valence-corrected chi connectivity index (χ0v) is 9.95. The summed E-state index contributed by atoms with van der Waals surface area (Å²) in [6.45, 7) is 7.79. The van der Waals surface area contributed by atoms with E-state index < -0.39 is 0 Å². The van der Waals surface area contributed by atoms with Crippen LogP contribution in [-0.4, -0.2) is 20.8 Å². The predicted octanol–water partition coefficient (Wildman–Crippen LogP) is 1.67. The van der Waals surface area contributed by atoms with E-state index in [1.165, 1.54) is 12.8 Å². The molecule has 4 nitrogen and oxygen atoms in total. The second-order valence-corrected chi connectivity index (χ2v) is 4.45. The van der Waals surface area contributed by atoms with Crippen LogP contribution in [0.3, 0.4) is 0 Å². The third-order valence-corrected chi connectivity index (χ3v) is 3.06. The minimum absolute atomic E-state index is 0.453. The van der Waals surface area contributed by atoms with Crippen LogP contribution in [0, 0.1) is 0 Å². The van der Waals surface area contributed by atoms with Gasteiger partial charge in [-0.15, -0.1) is 16.8 Å². The molecule has 2 heterocycles. The lowest BCUT2D eigenvalue weighted by Gasteiger charge is -2.16. The Kier molecular flexibility index (Phi) is 3.72. The molecule has 1 aliphatic rings. The third kappa shape index (κ3) is 2.50. The fourth-order valence-corrected chi connectivity index (χ4v) is 2.10. The molecule has 0 saturated heterocycles. The van der Waals surface area contributed by atoms with Crippen LogP contribution in [0.25, 0.3) is 0 Å². The van der Waals surface area contributed by atoms with E-state index in [1.54, 1.807) is 0 Å². The molecule has 1 atom stereocenters. The highest BCUT2D eigenvalue weighted by Crippen LogP contribution is 2.14. The van der Waals surface area contributed by atoms with Crippen molar-refractivity contribution in [1.29, 1.82) is 0 Å². The fourth-order valence-electron chi connectivity index (χ4n) is 2.10. The number of hydrogen-bond donors (Lipinski definition) is 1. The summed E-state index contributed by atoms with van der Waals surface area (Å²) >= 11 is 0. The molecule has 0 radical (unpaired) electrons. The first-order valence-electron chi connectivity index (χ1n) is 6.06. The lowest BCUT2D eigenvalue weighted by atomic mass is 10.1. The second-order valence-electron chi connectivity index (χ2n) is 4.45. The van der Waals surface area contributed by atoms with E-state index >= 15 is 0 Å². The molecule has 0 bridgehead atoms. The molecule has 1 aromatic heterocycles. The molecule has 4 heteroatoms. The lowest BCUT2D eigenvalue weighted by molar-refractivity contribution is 0.480. The van der Waals surface area contributed by atoms with Gasteiger partial charge in [-0.25, -0.2) is 0 Å². The lowest BCUT2D eigenvalue weighted by Crippen LogP contribution is -2.27. The molecule has 0 saturated carbocycles. The molecule has 88 valence electrons. The van der Waals surface area contributed by atoms with Gasteiger partial charge in [0.25, 0.3) is 0 Å². The Morgan fingerprint density at radius 1 is 1.50 bits per heavy atom. The minimum Gasteiger partial charge on any atom is -0.314 e. The molecule has 2 rings (SSSR count). The Labute approximate surface area is 96.8 Å². The summed E-state index contributed by atoms with van der Waals surface area (Å²) in [4.78, 5) is 0. The molecular formula is C12H20N4. The number of rotatable bonds is 5. The van der Waals surface area contributed by atoms with E-state index in [2.05, 4.69) is 33.6 Å². The maximum atomic E-state index is 4.25. The summed E-state index contributed by atoms with van der Waals surface area (Å²) in [6.07, 6.45) is 6.51. The first kappa shape index (κ1) is 11.3. The van der Waals surface area contributed by atoms with E-state index in [0.29, 0.717) is 6.04 Å². The van der Waals surface area contributed by atoms with Gasteiger partial charge < -0.3 is 9.88 Å². The maximum absolute atomic E-state index is 4.25. The largest absolute Gasteiger partial charge is 0.314 e. The van der Waals surface area contributed by atoms with Crippen molar-refractivity contribution in [3.8, 4) is 0 Å². The van der Waals surface area contributed by atoms with Crippen molar-refractivity contribution >= 4 is 0 Å². The van der Waals surface area contributed by atoms with E-state index in [9.17, 15) is 0 Å². The maximum Gasteiger partial charge on any atom is 0.147 e. The van der Waals surface area contributed by atoms with Gasteiger partial charge in [0.2, 0.25) is 0 Å². The molecule has 0 spiro atoms. The highest BCUT2D eigenvalue weighted by atomic mass is 15.3. The van der Waals surface area contributed by atoms with Crippen molar-refractivity contribution in [2.75, 3.05) is 0 Å². The first-order valence-corrected chi connectivity index (χ1v) is 6.06. The van der Waals surface area contributed by atoms with Crippen molar-refractivity contribution in [3.05, 3.63) is 24.3 Å². The van der Waals surface area contributed by atoms with Gasteiger partial charge in [0.05, 0.1) is 6.54 Å². The second kappa shape index (κ2) is 5.25. The summed E-state index contributed by atoms with van der Waals surface area (Å²) in [6, 6.07) is 0.453. The van der Waals surface area contributed by atoms with Gasteiger partial charge in [-0.1, -0.05) is 6.08 Å². The van der Waals surface area contributed by atoms with Crippen LogP contribution in [0.5, 0.6) is 0 Å². The quantitative estimate of drug-likeness (QED) is 0.768. The normalized spacial score (nSPS) is 16.8. The molecule has 16 heavy (non-hydrogen) atoms. The Morgan fingerprint density at radius 3 is 3.19 bits per heavy atom. The first-order chi connectivity index (χ1) is 7.81. The van der Waals surface area contributed by atoms with E-state index in [0.717, 1.165) is 37.6 Å². The average Bonchev–Trinajstić information content (AvgIpc) is 2.70. The number of aromatic nitrogens is 3. The van der Waals surface area contributed by atoms with E-state index in [4.69, 9.17) is 0 Å². The van der Waals surface area contributed by atoms with Crippen LogP contribution in [0.15, 0.2) is 12.7 Å². The van der Waals surface area contributed by atoms with Crippen LogP contribution < -0.4 is 5.32 Å². The molecule has 0 aliphatic carbocycles. The zero-order valence-electron chi connectivity index (χ0n) is 9.95. The molecule has 1 aliphatic heterocycles. The number of fused-ring (bicyclic) bond motifs is 1. The van der Waals surface area contributed by atoms with Crippen molar-refractivity contribution in [3.63, 3.8) is 0 Å². The molecule has 0 amide bonds. The van der Waals surface area contributed by atoms with Crippen LogP contribution in [0.4, 0.5) is 0 Å². The fraction of sp³-hybridized carbons (Fsp3) is 0.667. The van der Waals surface area contributed by atoms with Gasteiger partial charge in [0, 0.05) is 19.0 Å². The summed E-state index contributed by atoms with van der Waals surface area (Å²) < 4.78 is 2.26. The van der Waals surface area contributed by atoms with Crippen molar-refractivity contribution < 1.29 is 0 Å². The zero-order chi connectivity index (χ0) is 11.4. The Balaban J connectivity index is 1.94. The van der Waals surface area contributed by atoms with E-state index in [-0.39, 0.29) is 0 Å². The predicted molar refractivity (Wildman–Crippen MR) is 64.1 cm³/mol. The summed E-state index contributed by atoms with van der Waals surface area (Å²) in [7, 11) is 0. The van der Waals surface area contributed by atoms with Gasteiger partial charge in [-0.05, 0) is 26.2 Å². The molecule has 0 fully saturated rings. The molecule has 1 N–H and O–H groups in total. The SMILES string of the molecule is C=CCC(C)NCc1nnc2n1CCCC2. The summed E-state index contributed by atoms with van der Waals surface area (Å²) in [5.74, 6) is 2.23. The highest BCUT2D eigenvalue weighted by molar-refractivity contribution is 4.98. The van der Waals surface area contributed by atoms with Gasteiger partial charge in [-0.2, -0.15) is 0 Å². The smallest absolute Gasteiger partial charge is 0.147 e. The van der Waals surface area contributed by atoms with Crippen molar-refractivity contribution in [1.82, 2.24) is 20.1 Å². The summed E-state index contributed by atoms with van der Waals surface area (Å²) in [5, 5.41) is 11.9. The van der Waals surface area contributed by atoms with E-state index in [1.807, 2.05) is 6.08 Å². The van der Waals surface area contributed by atoms with Gasteiger partial charge in [0.1, 0.15) is 11.6 Å². The Hall–Kier alpha value is -1.16. The number of nitrogens with zero attached hydrogens (tertiary/aromatic N) is 3. The van der Waals surface area contributed by atoms with Crippen LogP contribution in [0.1, 0.15) is 37.8 Å². The molecule has 1 aromatic rings. The minimum atomic E-state index is 0.453. The third-order valence-electron chi connectivity index (χ3n) is 3.06. The molecule has 1 unspecified atom stereocenters. The summed E-state index contributed by atoms with van der Waals surface area (Å²) in [5.41, 5.74) is 0. The Morgan fingerprint density at radius 2 is 2.38 bits per heavy atom. The molecular weight excluding hydrogens is 200 g/mol. The van der Waals surface area contributed by atoms with Crippen LogP contribution in [0.2, 0.25) is 0 Å². The van der Waals surface area contributed by atoms with Gasteiger partial charge in [-0.3, -0.25) is 0 Å². The van der Waals surface area contributed by atoms with Crippen molar-refractivity contribution in [2.45, 2.75) is 51.7 Å². The highest BCUT2D eigenvalue weighted by Gasteiger charge is 2.15.